The maximum absolute atomic E-state index is 4.90. The number of pyridine rings is 1. The standard InChI is InChI=1S/C18H19N3/c1-17(2)12-8-5-6-10-14(12)21-15-13(9-7-11-19-15)20-16(21)18(17,3)4/h5-11H,1-4H3. The van der Waals surface area contributed by atoms with Gasteiger partial charge in [-0.1, -0.05) is 45.9 Å². The van der Waals surface area contributed by atoms with E-state index in [4.69, 9.17) is 4.98 Å². The van der Waals surface area contributed by atoms with E-state index in [2.05, 4.69) is 61.5 Å². The Morgan fingerprint density at radius 1 is 0.905 bits per heavy atom. The van der Waals surface area contributed by atoms with E-state index >= 15 is 0 Å². The molecule has 0 bridgehead atoms. The van der Waals surface area contributed by atoms with Gasteiger partial charge < -0.3 is 0 Å². The molecule has 21 heavy (non-hydrogen) atoms. The summed E-state index contributed by atoms with van der Waals surface area (Å²) in [5, 5.41) is 0. The van der Waals surface area contributed by atoms with Crippen LogP contribution in [0.2, 0.25) is 0 Å². The van der Waals surface area contributed by atoms with E-state index in [1.165, 1.54) is 11.3 Å². The first-order valence-electron chi connectivity index (χ1n) is 7.38. The van der Waals surface area contributed by atoms with Crippen LogP contribution in [0.1, 0.15) is 39.1 Å². The van der Waals surface area contributed by atoms with Gasteiger partial charge in [-0.25, -0.2) is 9.97 Å². The summed E-state index contributed by atoms with van der Waals surface area (Å²) < 4.78 is 2.23. The first kappa shape index (κ1) is 12.6. The van der Waals surface area contributed by atoms with Crippen molar-refractivity contribution in [1.29, 1.82) is 0 Å². The molecule has 1 aromatic carbocycles. The molecule has 2 aromatic heterocycles. The molecule has 106 valence electrons. The van der Waals surface area contributed by atoms with Gasteiger partial charge in [0.2, 0.25) is 0 Å². The Kier molecular flexibility index (Phi) is 2.23. The monoisotopic (exact) mass is 277 g/mol. The lowest BCUT2D eigenvalue weighted by molar-refractivity contribution is 0.272. The molecule has 0 amide bonds. The van der Waals surface area contributed by atoms with Gasteiger partial charge in [-0.2, -0.15) is 0 Å². The normalized spacial score (nSPS) is 18.3. The number of fused-ring (bicyclic) bond motifs is 5. The van der Waals surface area contributed by atoms with Crippen LogP contribution in [-0.4, -0.2) is 14.5 Å². The third-order valence-corrected chi connectivity index (χ3v) is 5.36. The predicted molar refractivity (Wildman–Crippen MR) is 84.9 cm³/mol. The molecule has 0 aliphatic carbocycles. The summed E-state index contributed by atoms with van der Waals surface area (Å²) in [5.74, 6) is 1.10. The highest BCUT2D eigenvalue weighted by atomic mass is 15.2. The van der Waals surface area contributed by atoms with Gasteiger partial charge in [0, 0.05) is 17.0 Å². The largest absolute Gasteiger partial charge is 0.280 e. The number of para-hydroxylation sites is 1. The first-order chi connectivity index (χ1) is 9.94. The molecule has 1 aliphatic heterocycles. The van der Waals surface area contributed by atoms with Crippen molar-refractivity contribution in [2.75, 3.05) is 0 Å². The van der Waals surface area contributed by atoms with Crippen molar-refractivity contribution in [2.24, 2.45) is 0 Å². The van der Waals surface area contributed by atoms with Gasteiger partial charge in [0.1, 0.15) is 11.3 Å². The number of hydrogen-bond acceptors (Lipinski definition) is 2. The number of nitrogens with zero attached hydrogens (tertiary/aromatic N) is 3. The number of rotatable bonds is 0. The van der Waals surface area contributed by atoms with Crippen LogP contribution in [-0.2, 0) is 10.8 Å². The molecule has 3 heteroatoms. The minimum atomic E-state index is -0.0674. The van der Waals surface area contributed by atoms with Crippen LogP contribution in [0, 0.1) is 0 Å². The van der Waals surface area contributed by atoms with Gasteiger partial charge in [0.15, 0.2) is 5.65 Å². The Hall–Kier alpha value is -2.16. The van der Waals surface area contributed by atoms with E-state index in [0.29, 0.717) is 0 Å². The second kappa shape index (κ2) is 3.73. The van der Waals surface area contributed by atoms with Crippen LogP contribution in [0.5, 0.6) is 0 Å². The zero-order chi connectivity index (χ0) is 14.8. The number of benzene rings is 1. The van der Waals surface area contributed by atoms with Crippen LogP contribution < -0.4 is 0 Å². The SMILES string of the molecule is CC1(C)c2ccccc2-n2c(nc3cccnc32)C1(C)C. The Morgan fingerprint density at radius 3 is 2.48 bits per heavy atom. The average molecular weight is 277 g/mol. The van der Waals surface area contributed by atoms with Crippen LogP contribution in [0.25, 0.3) is 16.9 Å². The molecule has 1 aliphatic rings. The molecular weight excluding hydrogens is 258 g/mol. The third-order valence-electron chi connectivity index (χ3n) is 5.36. The minimum Gasteiger partial charge on any atom is -0.280 e. The summed E-state index contributed by atoms with van der Waals surface area (Å²) in [6.07, 6.45) is 1.84. The second-order valence-corrected chi connectivity index (χ2v) is 6.88. The summed E-state index contributed by atoms with van der Waals surface area (Å²) in [6.45, 7) is 9.17. The van der Waals surface area contributed by atoms with E-state index in [1.54, 1.807) is 0 Å². The summed E-state index contributed by atoms with van der Waals surface area (Å²) in [5.41, 5.74) is 4.42. The molecule has 0 saturated heterocycles. The lowest BCUT2D eigenvalue weighted by atomic mass is 9.61. The first-order valence-corrected chi connectivity index (χ1v) is 7.38. The molecule has 0 fully saturated rings. The third kappa shape index (κ3) is 1.39. The number of aromatic nitrogens is 3. The van der Waals surface area contributed by atoms with Crippen molar-refractivity contribution in [2.45, 2.75) is 38.5 Å². The van der Waals surface area contributed by atoms with Crippen molar-refractivity contribution in [3.63, 3.8) is 0 Å². The minimum absolute atomic E-state index is 0.0149. The molecule has 0 radical (unpaired) electrons. The van der Waals surface area contributed by atoms with Crippen LogP contribution in [0.3, 0.4) is 0 Å². The maximum atomic E-state index is 4.90. The topological polar surface area (TPSA) is 30.7 Å². The summed E-state index contributed by atoms with van der Waals surface area (Å²) in [7, 11) is 0. The van der Waals surface area contributed by atoms with E-state index in [9.17, 15) is 0 Å². The fourth-order valence-corrected chi connectivity index (χ4v) is 3.37. The van der Waals surface area contributed by atoms with E-state index in [-0.39, 0.29) is 10.8 Å². The highest BCUT2D eigenvalue weighted by molar-refractivity contribution is 5.76. The average Bonchev–Trinajstić information content (AvgIpc) is 2.86. The highest BCUT2D eigenvalue weighted by Crippen LogP contribution is 2.50. The lowest BCUT2D eigenvalue weighted by Gasteiger charge is -2.46. The Morgan fingerprint density at radius 2 is 1.67 bits per heavy atom. The molecule has 3 aromatic rings. The van der Waals surface area contributed by atoms with Crippen molar-refractivity contribution < 1.29 is 0 Å². The zero-order valence-corrected chi connectivity index (χ0v) is 12.9. The summed E-state index contributed by atoms with van der Waals surface area (Å²) in [4.78, 5) is 9.47. The smallest absolute Gasteiger partial charge is 0.164 e. The molecule has 0 N–H and O–H groups in total. The maximum Gasteiger partial charge on any atom is 0.164 e. The molecule has 4 rings (SSSR count). The molecule has 0 unspecified atom stereocenters. The second-order valence-electron chi connectivity index (χ2n) is 6.88. The van der Waals surface area contributed by atoms with Gasteiger partial charge in [0.05, 0.1) is 5.69 Å². The van der Waals surface area contributed by atoms with Gasteiger partial charge in [-0.05, 0) is 23.8 Å². The molecule has 0 atom stereocenters. The molecule has 3 nitrogen and oxygen atoms in total. The molecule has 0 saturated carbocycles. The Labute approximate surface area is 124 Å². The lowest BCUT2D eigenvalue weighted by Crippen LogP contribution is -2.46. The fourth-order valence-electron chi connectivity index (χ4n) is 3.37. The van der Waals surface area contributed by atoms with Gasteiger partial charge in [0.25, 0.3) is 0 Å². The Bertz CT molecular complexity index is 856. The number of imidazole rings is 1. The van der Waals surface area contributed by atoms with Gasteiger partial charge in [-0.15, -0.1) is 0 Å². The quantitative estimate of drug-likeness (QED) is 0.622. The van der Waals surface area contributed by atoms with Crippen molar-refractivity contribution in [3.8, 4) is 5.69 Å². The van der Waals surface area contributed by atoms with Gasteiger partial charge in [-0.3, -0.25) is 4.57 Å². The van der Waals surface area contributed by atoms with Crippen molar-refractivity contribution in [3.05, 3.63) is 54.0 Å². The van der Waals surface area contributed by atoms with E-state index in [0.717, 1.165) is 17.0 Å². The Balaban J connectivity index is 2.22. The van der Waals surface area contributed by atoms with E-state index in [1.807, 2.05) is 18.3 Å². The van der Waals surface area contributed by atoms with E-state index < -0.39 is 0 Å². The predicted octanol–water partition coefficient (Wildman–Crippen LogP) is 3.99. The van der Waals surface area contributed by atoms with Crippen molar-refractivity contribution in [1.82, 2.24) is 14.5 Å². The molecule has 0 spiro atoms. The highest BCUT2D eigenvalue weighted by Gasteiger charge is 2.48. The van der Waals surface area contributed by atoms with Gasteiger partial charge >= 0.3 is 0 Å². The van der Waals surface area contributed by atoms with Crippen LogP contribution in [0.15, 0.2) is 42.6 Å². The molecular formula is C18H19N3. The molecule has 3 heterocycles. The van der Waals surface area contributed by atoms with Crippen LogP contribution in [0.4, 0.5) is 0 Å². The summed E-state index contributed by atoms with van der Waals surface area (Å²) >= 11 is 0. The zero-order valence-electron chi connectivity index (χ0n) is 12.9. The number of hydrogen-bond donors (Lipinski definition) is 0. The van der Waals surface area contributed by atoms with Crippen LogP contribution >= 0.6 is 0 Å². The van der Waals surface area contributed by atoms with Crippen molar-refractivity contribution >= 4 is 11.2 Å². The fraction of sp³-hybridized carbons (Fsp3) is 0.333. The summed E-state index contributed by atoms with van der Waals surface area (Å²) in [6, 6.07) is 12.6.